The second-order valence-corrected chi connectivity index (χ2v) is 5.45. The van der Waals surface area contributed by atoms with Crippen LogP contribution in [-0.2, 0) is 6.42 Å². The fourth-order valence-electron chi connectivity index (χ4n) is 2.30. The van der Waals surface area contributed by atoms with Crippen LogP contribution in [0.2, 0.25) is 0 Å². The van der Waals surface area contributed by atoms with Gasteiger partial charge in [-0.3, -0.25) is 0 Å². The average Bonchev–Trinajstić information content (AvgIpc) is 2.40. The summed E-state index contributed by atoms with van der Waals surface area (Å²) < 4.78 is 0. The first kappa shape index (κ1) is 14.4. The second kappa shape index (κ2) is 5.95. The number of anilines is 2. The summed E-state index contributed by atoms with van der Waals surface area (Å²) in [5, 5.41) is 0. The van der Waals surface area contributed by atoms with E-state index in [4.69, 9.17) is 5.73 Å². The predicted molar refractivity (Wildman–Crippen MR) is 86.3 cm³/mol. The molecule has 0 aliphatic rings. The third-order valence-electron chi connectivity index (χ3n) is 3.72. The first-order chi connectivity index (χ1) is 9.47. The lowest BCUT2D eigenvalue weighted by Crippen LogP contribution is -2.22. The van der Waals surface area contributed by atoms with Gasteiger partial charge in [0.05, 0.1) is 11.4 Å². The maximum Gasteiger partial charge on any atom is 0.128 e. The Morgan fingerprint density at radius 3 is 2.50 bits per heavy atom. The number of pyridine rings is 1. The Morgan fingerprint density at radius 2 is 1.85 bits per heavy atom. The highest BCUT2D eigenvalue weighted by Crippen LogP contribution is 2.16. The van der Waals surface area contributed by atoms with Gasteiger partial charge in [-0.2, -0.15) is 0 Å². The summed E-state index contributed by atoms with van der Waals surface area (Å²) in [6.07, 6.45) is 1.02. The molecule has 0 aliphatic heterocycles. The SMILES string of the molecule is Cc1ccc(CCN(C)c2ccc(N)c(C)n2)c(C)c1. The molecule has 2 aromatic rings. The van der Waals surface area contributed by atoms with Crippen molar-refractivity contribution in [2.24, 2.45) is 0 Å². The zero-order chi connectivity index (χ0) is 14.7. The second-order valence-electron chi connectivity index (χ2n) is 5.45. The van der Waals surface area contributed by atoms with Gasteiger partial charge in [0, 0.05) is 13.6 Å². The molecular weight excluding hydrogens is 246 g/mol. The molecule has 0 radical (unpaired) electrons. The molecule has 1 heterocycles. The van der Waals surface area contributed by atoms with E-state index in [9.17, 15) is 0 Å². The number of benzene rings is 1. The molecule has 0 bridgehead atoms. The van der Waals surface area contributed by atoms with E-state index in [-0.39, 0.29) is 0 Å². The van der Waals surface area contributed by atoms with Gasteiger partial charge in [-0.1, -0.05) is 23.8 Å². The van der Waals surface area contributed by atoms with Gasteiger partial charge < -0.3 is 10.6 Å². The molecule has 106 valence electrons. The van der Waals surface area contributed by atoms with Gasteiger partial charge in [0.1, 0.15) is 5.82 Å². The van der Waals surface area contributed by atoms with E-state index in [1.807, 2.05) is 19.1 Å². The van der Waals surface area contributed by atoms with E-state index < -0.39 is 0 Å². The summed E-state index contributed by atoms with van der Waals surface area (Å²) in [6, 6.07) is 10.5. The molecule has 2 rings (SSSR count). The summed E-state index contributed by atoms with van der Waals surface area (Å²) in [5.41, 5.74) is 11.5. The largest absolute Gasteiger partial charge is 0.397 e. The van der Waals surface area contributed by atoms with Crippen molar-refractivity contribution in [2.45, 2.75) is 27.2 Å². The molecule has 1 aromatic carbocycles. The van der Waals surface area contributed by atoms with Gasteiger partial charge in [0.25, 0.3) is 0 Å². The molecule has 1 aromatic heterocycles. The normalized spacial score (nSPS) is 10.6. The summed E-state index contributed by atoms with van der Waals surface area (Å²) in [5.74, 6) is 0.974. The number of nitrogen functional groups attached to an aromatic ring is 1. The average molecular weight is 269 g/mol. The van der Waals surface area contributed by atoms with Crippen molar-refractivity contribution in [3.05, 3.63) is 52.7 Å². The number of rotatable bonds is 4. The number of hydrogen-bond donors (Lipinski definition) is 1. The first-order valence-electron chi connectivity index (χ1n) is 6.98. The van der Waals surface area contributed by atoms with Gasteiger partial charge in [-0.15, -0.1) is 0 Å². The van der Waals surface area contributed by atoms with E-state index in [0.717, 1.165) is 30.2 Å². The number of aromatic nitrogens is 1. The standard InChI is InChI=1S/C17H23N3/c1-12-5-6-15(13(2)11-12)9-10-20(4)17-8-7-16(18)14(3)19-17/h5-8,11H,9-10,18H2,1-4H3. The van der Waals surface area contributed by atoms with Gasteiger partial charge >= 0.3 is 0 Å². The minimum Gasteiger partial charge on any atom is -0.397 e. The lowest BCUT2D eigenvalue weighted by atomic mass is 10.0. The molecule has 0 spiro atoms. The molecule has 0 saturated carbocycles. The third kappa shape index (κ3) is 3.29. The van der Waals surface area contributed by atoms with Crippen molar-refractivity contribution in [3.63, 3.8) is 0 Å². The van der Waals surface area contributed by atoms with E-state index in [0.29, 0.717) is 0 Å². The zero-order valence-corrected chi connectivity index (χ0v) is 12.8. The van der Waals surface area contributed by atoms with Crippen LogP contribution in [0.4, 0.5) is 11.5 Å². The van der Waals surface area contributed by atoms with Crippen molar-refractivity contribution in [2.75, 3.05) is 24.2 Å². The van der Waals surface area contributed by atoms with E-state index in [1.165, 1.54) is 16.7 Å². The van der Waals surface area contributed by atoms with Gasteiger partial charge in [-0.05, 0) is 50.5 Å². The van der Waals surface area contributed by atoms with Crippen LogP contribution in [0.1, 0.15) is 22.4 Å². The van der Waals surface area contributed by atoms with Crippen LogP contribution in [0, 0.1) is 20.8 Å². The van der Waals surface area contributed by atoms with Crippen LogP contribution in [-0.4, -0.2) is 18.6 Å². The molecule has 0 atom stereocenters. The Bertz CT molecular complexity index is 605. The molecule has 0 saturated heterocycles. The maximum absolute atomic E-state index is 5.81. The highest BCUT2D eigenvalue weighted by atomic mass is 15.2. The quantitative estimate of drug-likeness (QED) is 0.926. The molecule has 0 amide bonds. The Hall–Kier alpha value is -2.03. The maximum atomic E-state index is 5.81. The van der Waals surface area contributed by atoms with Crippen molar-refractivity contribution in [3.8, 4) is 0 Å². The topological polar surface area (TPSA) is 42.1 Å². The summed E-state index contributed by atoms with van der Waals surface area (Å²) in [7, 11) is 2.07. The summed E-state index contributed by atoms with van der Waals surface area (Å²) >= 11 is 0. The minimum absolute atomic E-state index is 0.747. The molecule has 2 N–H and O–H groups in total. The summed E-state index contributed by atoms with van der Waals surface area (Å²) in [4.78, 5) is 6.69. The van der Waals surface area contributed by atoms with Gasteiger partial charge in [0.2, 0.25) is 0 Å². The van der Waals surface area contributed by atoms with Crippen LogP contribution in [0.25, 0.3) is 0 Å². The van der Waals surface area contributed by atoms with Crippen LogP contribution < -0.4 is 10.6 Å². The van der Waals surface area contributed by atoms with Crippen molar-refractivity contribution in [1.82, 2.24) is 4.98 Å². The molecular formula is C17H23N3. The van der Waals surface area contributed by atoms with Crippen molar-refractivity contribution < 1.29 is 0 Å². The molecule has 0 fully saturated rings. The number of hydrogen-bond acceptors (Lipinski definition) is 3. The monoisotopic (exact) mass is 269 g/mol. The lowest BCUT2D eigenvalue weighted by molar-refractivity contribution is 0.852. The Morgan fingerprint density at radius 1 is 1.10 bits per heavy atom. The first-order valence-corrected chi connectivity index (χ1v) is 6.98. The zero-order valence-electron chi connectivity index (χ0n) is 12.8. The highest BCUT2D eigenvalue weighted by Gasteiger charge is 2.06. The highest BCUT2D eigenvalue weighted by molar-refractivity contribution is 5.50. The molecule has 3 heteroatoms. The number of nitrogens with zero attached hydrogens (tertiary/aromatic N) is 2. The molecule has 3 nitrogen and oxygen atoms in total. The Kier molecular flexibility index (Phi) is 4.28. The third-order valence-corrected chi connectivity index (χ3v) is 3.72. The molecule has 0 aliphatic carbocycles. The van der Waals surface area contributed by atoms with E-state index in [1.54, 1.807) is 0 Å². The van der Waals surface area contributed by atoms with Crippen LogP contribution in [0.5, 0.6) is 0 Å². The molecule has 0 unspecified atom stereocenters. The van der Waals surface area contributed by atoms with E-state index >= 15 is 0 Å². The van der Waals surface area contributed by atoms with Crippen LogP contribution >= 0.6 is 0 Å². The fourth-order valence-corrected chi connectivity index (χ4v) is 2.30. The lowest BCUT2D eigenvalue weighted by Gasteiger charge is -2.19. The smallest absolute Gasteiger partial charge is 0.128 e. The van der Waals surface area contributed by atoms with E-state index in [2.05, 4.69) is 49.0 Å². The predicted octanol–water partition coefficient (Wildman–Crippen LogP) is 3.27. The van der Waals surface area contributed by atoms with Gasteiger partial charge in [-0.25, -0.2) is 4.98 Å². The van der Waals surface area contributed by atoms with Crippen LogP contribution in [0.15, 0.2) is 30.3 Å². The molecule has 20 heavy (non-hydrogen) atoms. The van der Waals surface area contributed by atoms with Crippen LogP contribution in [0.3, 0.4) is 0 Å². The number of aryl methyl sites for hydroxylation is 3. The Balaban J connectivity index is 2.04. The Labute approximate surface area is 121 Å². The summed E-state index contributed by atoms with van der Waals surface area (Å²) in [6.45, 7) is 7.19. The fraction of sp³-hybridized carbons (Fsp3) is 0.353. The van der Waals surface area contributed by atoms with Crippen molar-refractivity contribution in [1.29, 1.82) is 0 Å². The van der Waals surface area contributed by atoms with Crippen molar-refractivity contribution >= 4 is 11.5 Å². The van der Waals surface area contributed by atoms with Gasteiger partial charge in [0.15, 0.2) is 0 Å². The minimum atomic E-state index is 0.747. The number of nitrogens with two attached hydrogens (primary N) is 1. The number of likely N-dealkylation sites (N-methyl/N-ethyl adjacent to an activating group) is 1.